The summed E-state index contributed by atoms with van der Waals surface area (Å²) in [4.78, 5) is 80.8. The van der Waals surface area contributed by atoms with E-state index >= 15 is 0 Å². The number of carbonyl (C=O) groups is 4. The van der Waals surface area contributed by atoms with Gasteiger partial charge in [-0.05, 0) is 68.6 Å². The van der Waals surface area contributed by atoms with Crippen LogP contribution in [0.2, 0.25) is 0 Å². The van der Waals surface area contributed by atoms with Crippen LogP contribution in [-0.2, 0) is 19.1 Å². The number of methoxy groups -OCH3 is 1. The topological polar surface area (TPSA) is 214 Å². The smallest absolute Gasteiger partial charge is 0.407 e. The lowest BCUT2D eigenvalue weighted by molar-refractivity contribution is -0.144. The number of hydrogen-bond donors (Lipinski definition) is 4. The van der Waals surface area contributed by atoms with Gasteiger partial charge in [-0.3, -0.25) is 14.6 Å². The minimum absolute atomic E-state index is 0.0818. The fraction of sp³-hybridized carbons (Fsp3) is 0.455. The molecule has 5 N–H and O–H groups in total. The number of primary amides is 1. The van der Waals surface area contributed by atoms with Crippen molar-refractivity contribution in [2.75, 3.05) is 20.2 Å². The van der Waals surface area contributed by atoms with Crippen LogP contribution in [0, 0.1) is 11.8 Å². The first-order valence-corrected chi connectivity index (χ1v) is 21.0. The SMILES string of the molecule is CCC(C)[C@H](OC(N)=O)C(=O)N1CCC[C@H]1c1ncc(-c2ccc(-c3cnc4cc(-c5cnc([C@@H]6CCCN6C(=O)C(NC(=O)OC)C6CCCC6)[nH]5)ccc4n3)cc2)[nH]1. The summed E-state index contributed by atoms with van der Waals surface area (Å²) in [6.07, 6.45) is 10.6. The van der Waals surface area contributed by atoms with E-state index in [4.69, 9.17) is 30.2 Å². The van der Waals surface area contributed by atoms with E-state index in [1.54, 1.807) is 23.5 Å². The van der Waals surface area contributed by atoms with E-state index in [1.807, 2.05) is 61.2 Å². The van der Waals surface area contributed by atoms with Crippen molar-refractivity contribution in [1.29, 1.82) is 0 Å². The lowest BCUT2D eigenvalue weighted by Crippen LogP contribution is -2.51. The number of nitrogens with zero attached hydrogens (tertiary/aromatic N) is 6. The van der Waals surface area contributed by atoms with E-state index in [1.165, 1.54) is 7.11 Å². The summed E-state index contributed by atoms with van der Waals surface area (Å²) in [7, 11) is 1.32. The molecule has 1 saturated carbocycles. The molecule has 5 heterocycles. The molecular formula is C44H52N10O6. The van der Waals surface area contributed by atoms with E-state index < -0.39 is 24.3 Å². The lowest BCUT2D eigenvalue weighted by atomic mass is 9.96. The number of likely N-dealkylation sites (tertiary alicyclic amines) is 2. The summed E-state index contributed by atoms with van der Waals surface area (Å²) >= 11 is 0. The van der Waals surface area contributed by atoms with Crippen LogP contribution < -0.4 is 11.1 Å². The molecule has 60 heavy (non-hydrogen) atoms. The molecule has 4 amide bonds. The minimum atomic E-state index is -0.957. The lowest BCUT2D eigenvalue weighted by Gasteiger charge is -2.31. The summed E-state index contributed by atoms with van der Waals surface area (Å²) in [6, 6.07) is 12.8. The van der Waals surface area contributed by atoms with E-state index in [0.717, 1.165) is 96.2 Å². The molecule has 0 radical (unpaired) electrons. The summed E-state index contributed by atoms with van der Waals surface area (Å²) in [6.45, 7) is 4.97. The number of hydrogen-bond acceptors (Lipinski definition) is 10. The van der Waals surface area contributed by atoms with Gasteiger partial charge in [0, 0.05) is 30.1 Å². The number of fused-ring (bicyclic) bond motifs is 1. The highest BCUT2D eigenvalue weighted by Gasteiger charge is 2.41. The fourth-order valence-corrected chi connectivity index (χ4v) is 9.02. The average Bonchev–Trinajstić information content (AvgIpc) is 4.13. The molecule has 5 aromatic rings. The predicted molar refractivity (Wildman–Crippen MR) is 223 cm³/mol. The Kier molecular flexibility index (Phi) is 11.8. The van der Waals surface area contributed by atoms with E-state index in [-0.39, 0.29) is 35.7 Å². The average molecular weight is 817 g/mol. The molecule has 3 fully saturated rings. The number of ether oxygens (including phenoxy) is 2. The summed E-state index contributed by atoms with van der Waals surface area (Å²) < 4.78 is 10.1. The highest BCUT2D eigenvalue weighted by atomic mass is 16.6. The Morgan fingerprint density at radius 2 is 1.38 bits per heavy atom. The van der Waals surface area contributed by atoms with Gasteiger partial charge in [-0.15, -0.1) is 0 Å². The number of rotatable bonds is 12. The second-order valence-corrected chi connectivity index (χ2v) is 16.2. The maximum absolute atomic E-state index is 13.9. The van der Waals surface area contributed by atoms with Crippen molar-refractivity contribution in [2.24, 2.45) is 17.6 Å². The molecule has 8 rings (SSSR count). The van der Waals surface area contributed by atoms with Gasteiger partial charge >= 0.3 is 12.2 Å². The molecule has 16 nitrogen and oxygen atoms in total. The number of nitrogens with one attached hydrogen (secondary N) is 3. The zero-order chi connectivity index (χ0) is 41.9. The van der Waals surface area contributed by atoms with Crippen LogP contribution in [-0.4, -0.2) is 96.0 Å². The third-order valence-corrected chi connectivity index (χ3v) is 12.5. The third-order valence-electron chi connectivity index (χ3n) is 12.5. The van der Waals surface area contributed by atoms with Crippen molar-refractivity contribution in [3.8, 4) is 33.8 Å². The number of H-pyrrole nitrogens is 2. The molecule has 5 atom stereocenters. The van der Waals surface area contributed by atoms with Crippen LogP contribution in [0.15, 0.2) is 61.1 Å². The number of nitrogens with two attached hydrogens (primary N) is 1. The molecule has 2 saturated heterocycles. The van der Waals surface area contributed by atoms with Crippen LogP contribution in [0.1, 0.15) is 95.4 Å². The summed E-state index contributed by atoms with van der Waals surface area (Å²) in [5, 5.41) is 2.83. The number of amides is 4. The molecule has 2 aliphatic heterocycles. The van der Waals surface area contributed by atoms with Gasteiger partial charge in [0.2, 0.25) is 5.91 Å². The zero-order valence-corrected chi connectivity index (χ0v) is 34.2. The first-order chi connectivity index (χ1) is 29.1. The molecule has 3 aromatic heterocycles. The highest BCUT2D eigenvalue weighted by molar-refractivity contribution is 5.87. The Bertz CT molecular complexity index is 2350. The predicted octanol–water partition coefficient (Wildman–Crippen LogP) is 6.83. The second kappa shape index (κ2) is 17.5. The number of benzene rings is 2. The van der Waals surface area contributed by atoms with Gasteiger partial charge in [0.15, 0.2) is 6.10 Å². The Hall–Kier alpha value is -6.32. The van der Waals surface area contributed by atoms with Crippen LogP contribution in [0.25, 0.3) is 44.8 Å². The summed E-state index contributed by atoms with van der Waals surface area (Å²) in [5.74, 6) is 0.983. The van der Waals surface area contributed by atoms with Crippen molar-refractivity contribution in [3.63, 3.8) is 0 Å². The molecule has 16 heteroatoms. The highest BCUT2D eigenvalue weighted by Crippen LogP contribution is 2.37. The molecule has 0 bridgehead atoms. The maximum atomic E-state index is 13.9. The van der Waals surface area contributed by atoms with Gasteiger partial charge in [-0.1, -0.05) is 57.0 Å². The normalized spacial score (nSPS) is 19.6. The standard InChI is InChI=1S/C44H52N10O6/c1-4-25(2)38(60-43(45)57)42(56)54-20-8-12-36(54)40-47-23-33(50-40)27-15-13-26(14-16-27)32-22-46-31-21-29(17-18-30(31)49-32)34-24-48-39(51-34)35-11-7-19-53(35)41(55)37(52-44(58)59-3)28-9-5-6-10-28/h13-18,21-25,28,35-38H,4-12,19-20H2,1-3H3,(H2,45,57)(H,47,50)(H,48,51)(H,52,58)/t25?,35-,36-,37?,38-/m0/s1. The molecule has 2 unspecified atom stereocenters. The second-order valence-electron chi connectivity index (χ2n) is 16.2. The molecule has 3 aliphatic rings. The molecule has 0 spiro atoms. The number of aromatic nitrogens is 6. The van der Waals surface area contributed by atoms with Crippen molar-refractivity contribution >= 4 is 35.0 Å². The Labute approximate surface area is 348 Å². The van der Waals surface area contributed by atoms with Crippen molar-refractivity contribution in [2.45, 2.75) is 95.9 Å². The van der Waals surface area contributed by atoms with Crippen molar-refractivity contribution in [3.05, 3.63) is 72.7 Å². The van der Waals surface area contributed by atoms with E-state index in [2.05, 4.69) is 20.3 Å². The van der Waals surface area contributed by atoms with Crippen molar-refractivity contribution in [1.82, 2.24) is 45.0 Å². The monoisotopic (exact) mass is 816 g/mol. The van der Waals surface area contributed by atoms with Gasteiger partial charge in [0.1, 0.15) is 17.7 Å². The number of carbonyl (C=O) groups excluding carboxylic acids is 4. The van der Waals surface area contributed by atoms with Crippen LogP contribution >= 0.6 is 0 Å². The third kappa shape index (κ3) is 8.27. The number of aromatic amines is 2. The van der Waals surface area contributed by atoms with Gasteiger partial charge in [-0.25, -0.2) is 24.5 Å². The van der Waals surface area contributed by atoms with E-state index in [9.17, 15) is 19.2 Å². The number of imidazole rings is 2. The van der Waals surface area contributed by atoms with E-state index in [0.29, 0.717) is 31.2 Å². The van der Waals surface area contributed by atoms with Gasteiger partial charge in [-0.2, -0.15) is 0 Å². The van der Waals surface area contributed by atoms with Crippen molar-refractivity contribution < 1.29 is 28.7 Å². The molecule has 314 valence electrons. The van der Waals surface area contributed by atoms with Crippen LogP contribution in [0.4, 0.5) is 9.59 Å². The van der Waals surface area contributed by atoms with Gasteiger partial charge in [0.05, 0.1) is 65.9 Å². The summed E-state index contributed by atoms with van der Waals surface area (Å²) in [5.41, 5.74) is 11.9. The van der Waals surface area contributed by atoms with Crippen LogP contribution in [0.3, 0.4) is 0 Å². The van der Waals surface area contributed by atoms with Gasteiger partial charge < -0.3 is 40.3 Å². The van der Waals surface area contributed by atoms with Gasteiger partial charge in [0.25, 0.3) is 5.91 Å². The zero-order valence-electron chi connectivity index (χ0n) is 34.2. The molecule has 1 aliphatic carbocycles. The number of alkyl carbamates (subject to hydrolysis) is 1. The quantitative estimate of drug-likeness (QED) is 0.103. The molecule has 2 aromatic carbocycles. The Morgan fingerprint density at radius 3 is 2.00 bits per heavy atom. The molecular weight excluding hydrogens is 765 g/mol. The first kappa shape index (κ1) is 40.5. The Balaban J connectivity index is 0.939. The first-order valence-electron chi connectivity index (χ1n) is 21.0. The minimum Gasteiger partial charge on any atom is -0.453 e. The maximum Gasteiger partial charge on any atom is 0.407 e. The largest absolute Gasteiger partial charge is 0.453 e. The fourth-order valence-electron chi connectivity index (χ4n) is 9.02. The Morgan fingerprint density at radius 1 is 0.783 bits per heavy atom. The van der Waals surface area contributed by atoms with Crippen LogP contribution in [0.5, 0.6) is 0 Å².